The van der Waals surface area contributed by atoms with Gasteiger partial charge in [0.2, 0.25) is 0 Å². The molecule has 6 heteroatoms. The van der Waals surface area contributed by atoms with E-state index in [1.165, 1.54) is 32.9 Å². The lowest BCUT2D eigenvalue weighted by Crippen LogP contribution is -2.22. The normalized spacial score (nSPS) is 11.1. The van der Waals surface area contributed by atoms with Gasteiger partial charge in [0.1, 0.15) is 4.83 Å². The monoisotopic (exact) mass is 287 g/mol. The minimum Gasteiger partial charge on any atom is -0.319 e. The van der Waals surface area contributed by atoms with E-state index >= 15 is 0 Å². The Morgan fingerprint density at radius 2 is 2.10 bits per heavy atom. The second-order valence-corrected chi connectivity index (χ2v) is 5.97. The molecule has 0 aliphatic heterocycles. The van der Waals surface area contributed by atoms with Gasteiger partial charge in [0, 0.05) is 24.2 Å². The summed E-state index contributed by atoms with van der Waals surface area (Å²) in [5, 5.41) is 0.638. The van der Waals surface area contributed by atoms with Crippen molar-refractivity contribution in [2.75, 3.05) is 0 Å². The van der Waals surface area contributed by atoms with E-state index in [1.54, 1.807) is 13.2 Å². The molecule has 3 aromatic heterocycles. The lowest BCUT2D eigenvalue weighted by atomic mass is 10.2. The number of hydrogen-bond acceptors (Lipinski definition) is 4. The Bertz CT molecular complexity index is 905. The molecular formula is C14H13N3O2S. The first kappa shape index (κ1) is 12.8. The van der Waals surface area contributed by atoms with Gasteiger partial charge in [-0.3, -0.25) is 14.2 Å². The van der Waals surface area contributed by atoms with E-state index in [0.29, 0.717) is 11.9 Å². The fourth-order valence-corrected chi connectivity index (χ4v) is 2.92. The SMILES string of the molecule is Cc1cc2c(=O)n(Cc3ccn(C)c(=O)c3)cnc2s1. The minimum atomic E-state index is -0.0871. The zero-order valence-corrected chi connectivity index (χ0v) is 12.0. The van der Waals surface area contributed by atoms with Crippen LogP contribution in [0.5, 0.6) is 0 Å². The van der Waals surface area contributed by atoms with Crippen molar-refractivity contribution in [3.63, 3.8) is 0 Å². The number of fused-ring (bicyclic) bond motifs is 1. The molecule has 0 amide bonds. The highest BCUT2D eigenvalue weighted by Gasteiger charge is 2.07. The van der Waals surface area contributed by atoms with Crippen LogP contribution in [0.1, 0.15) is 10.4 Å². The Kier molecular flexibility index (Phi) is 3.02. The van der Waals surface area contributed by atoms with Gasteiger partial charge in [-0.05, 0) is 24.6 Å². The number of rotatable bonds is 2. The molecule has 0 atom stereocenters. The molecule has 0 aliphatic rings. The van der Waals surface area contributed by atoms with Crippen LogP contribution in [0.25, 0.3) is 10.2 Å². The number of aromatic nitrogens is 3. The molecule has 102 valence electrons. The van der Waals surface area contributed by atoms with E-state index in [9.17, 15) is 9.59 Å². The number of hydrogen-bond donors (Lipinski definition) is 0. The van der Waals surface area contributed by atoms with E-state index in [0.717, 1.165) is 15.3 Å². The molecule has 0 aliphatic carbocycles. The smallest absolute Gasteiger partial charge is 0.262 e. The van der Waals surface area contributed by atoms with Gasteiger partial charge in [0.15, 0.2) is 0 Å². The van der Waals surface area contributed by atoms with Crippen molar-refractivity contribution in [1.82, 2.24) is 14.1 Å². The predicted molar refractivity (Wildman–Crippen MR) is 79.4 cm³/mol. The molecule has 3 heterocycles. The fraction of sp³-hybridized carbons (Fsp3) is 0.214. The van der Waals surface area contributed by atoms with Crippen LogP contribution < -0.4 is 11.1 Å². The van der Waals surface area contributed by atoms with Crippen molar-refractivity contribution in [3.05, 3.63) is 61.9 Å². The van der Waals surface area contributed by atoms with Gasteiger partial charge in [0.05, 0.1) is 18.3 Å². The van der Waals surface area contributed by atoms with Crippen molar-refractivity contribution in [3.8, 4) is 0 Å². The van der Waals surface area contributed by atoms with Crippen LogP contribution in [0.2, 0.25) is 0 Å². The van der Waals surface area contributed by atoms with Gasteiger partial charge in [-0.15, -0.1) is 11.3 Å². The summed E-state index contributed by atoms with van der Waals surface area (Å²) in [4.78, 5) is 30.1. The van der Waals surface area contributed by atoms with Crippen molar-refractivity contribution in [2.45, 2.75) is 13.5 Å². The quantitative estimate of drug-likeness (QED) is 0.718. The number of aryl methyl sites for hydroxylation is 2. The Hall–Kier alpha value is -2.21. The molecule has 0 saturated heterocycles. The van der Waals surface area contributed by atoms with Crippen LogP contribution >= 0.6 is 11.3 Å². The summed E-state index contributed by atoms with van der Waals surface area (Å²) >= 11 is 1.51. The third-order valence-corrected chi connectivity index (χ3v) is 4.12. The molecule has 0 aromatic carbocycles. The maximum atomic E-state index is 12.3. The largest absolute Gasteiger partial charge is 0.319 e. The summed E-state index contributed by atoms with van der Waals surface area (Å²) in [7, 11) is 1.69. The highest BCUT2D eigenvalue weighted by atomic mass is 32.1. The lowest BCUT2D eigenvalue weighted by molar-refractivity contribution is 0.740. The van der Waals surface area contributed by atoms with Crippen molar-refractivity contribution < 1.29 is 0 Å². The average molecular weight is 287 g/mol. The van der Waals surface area contributed by atoms with Crippen LogP contribution in [0, 0.1) is 6.92 Å². The van der Waals surface area contributed by atoms with E-state index in [1.807, 2.05) is 19.1 Å². The molecule has 3 rings (SSSR count). The predicted octanol–water partition coefficient (Wildman–Crippen LogP) is 1.51. The molecule has 0 radical (unpaired) electrons. The summed E-state index contributed by atoms with van der Waals surface area (Å²) in [6, 6.07) is 5.22. The van der Waals surface area contributed by atoms with Crippen LogP contribution in [0.4, 0.5) is 0 Å². The second kappa shape index (κ2) is 4.72. The van der Waals surface area contributed by atoms with Crippen molar-refractivity contribution in [2.24, 2.45) is 7.05 Å². The van der Waals surface area contributed by atoms with E-state index in [2.05, 4.69) is 4.98 Å². The second-order valence-electron chi connectivity index (χ2n) is 4.74. The van der Waals surface area contributed by atoms with Crippen LogP contribution in [0.3, 0.4) is 0 Å². The highest BCUT2D eigenvalue weighted by molar-refractivity contribution is 7.18. The van der Waals surface area contributed by atoms with Gasteiger partial charge >= 0.3 is 0 Å². The van der Waals surface area contributed by atoms with Gasteiger partial charge in [-0.1, -0.05) is 0 Å². The Balaban J connectivity index is 2.06. The Morgan fingerprint density at radius 1 is 1.30 bits per heavy atom. The lowest BCUT2D eigenvalue weighted by Gasteiger charge is -2.05. The van der Waals surface area contributed by atoms with E-state index < -0.39 is 0 Å². The zero-order chi connectivity index (χ0) is 14.3. The van der Waals surface area contributed by atoms with Crippen LogP contribution in [-0.2, 0) is 13.6 Å². The van der Waals surface area contributed by atoms with Gasteiger partial charge in [-0.2, -0.15) is 0 Å². The van der Waals surface area contributed by atoms with Gasteiger partial charge in [-0.25, -0.2) is 4.98 Å². The summed E-state index contributed by atoms with van der Waals surface area (Å²) in [5.41, 5.74) is 0.638. The van der Waals surface area contributed by atoms with Crippen LogP contribution in [-0.4, -0.2) is 14.1 Å². The van der Waals surface area contributed by atoms with Crippen LogP contribution in [0.15, 0.2) is 40.3 Å². The van der Waals surface area contributed by atoms with E-state index in [4.69, 9.17) is 0 Å². The number of thiophene rings is 1. The molecule has 0 saturated carbocycles. The fourth-order valence-electron chi connectivity index (χ4n) is 2.08. The van der Waals surface area contributed by atoms with Gasteiger partial charge in [0.25, 0.3) is 11.1 Å². The molecule has 3 aromatic rings. The maximum absolute atomic E-state index is 12.3. The number of nitrogens with zero attached hydrogens (tertiary/aromatic N) is 3. The first-order valence-electron chi connectivity index (χ1n) is 6.16. The Labute approximate surface area is 118 Å². The minimum absolute atomic E-state index is 0.0694. The average Bonchev–Trinajstić information content (AvgIpc) is 2.79. The molecule has 5 nitrogen and oxygen atoms in total. The first-order chi connectivity index (χ1) is 9.54. The molecular weight excluding hydrogens is 274 g/mol. The summed E-state index contributed by atoms with van der Waals surface area (Å²) < 4.78 is 3.03. The molecule has 0 fully saturated rings. The standard InChI is InChI=1S/C14H13N3O2S/c1-9-5-11-13(20-9)15-8-17(14(11)19)7-10-3-4-16(2)12(18)6-10/h3-6,8H,7H2,1-2H3. The highest BCUT2D eigenvalue weighted by Crippen LogP contribution is 2.19. The maximum Gasteiger partial charge on any atom is 0.262 e. The summed E-state index contributed by atoms with van der Waals surface area (Å²) in [6.07, 6.45) is 3.24. The van der Waals surface area contributed by atoms with Crippen molar-refractivity contribution >= 4 is 21.6 Å². The molecule has 0 bridgehead atoms. The third kappa shape index (κ3) is 2.18. The zero-order valence-electron chi connectivity index (χ0n) is 11.2. The first-order valence-corrected chi connectivity index (χ1v) is 6.97. The summed E-state index contributed by atoms with van der Waals surface area (Å²) in [6.45, 7) is 2.31. The molecule has 0 N–H and O–H groups in total. The van der Waals surface area contributed by atoms with Crippen molar-refractivity contribution in [1.29, 1.82) is 0 Å². The summed E-state index contributed by atoms with van der Waals surface area (Å²) in [5.74, 6) is 0. The molecule has 0 spiro atoms. The molecule has 0 unspecified atom stereocenters. The molecule has 20 heavy (non-hydrogen) atoms. The topological polar surface area (TPSA) is 56.9 Å². The third-order valence-electron chi connectivity index (χ3n) is 3.16. The van der Waals surface area contributed by atoms with Gasteiger partial charge < -0.3 is 4.57 Å². The Morgan fingerprint density at radius 3 is 2.85 bits per heavy atom. The number of pyridine rings is 1. The van der Waals surface area contributed by atoms with E-state index in [-0.39, 0.29) is 11.1 Å².